The van der Waals surface area contributed by atoms with E-state index >= 15 is 0 Å². The summed E-state index contributed by atoms with van der Waals surface area (Å²) in [5.41, 5.74) is 2.31. The van der Waals surface area contributed by atoms with Gasteiger partial charge in [-0.3, -0.25) is 0 Å². The van der Waals surface area contributed by atoms with Crippen LogP contribution in [0.2, 0.25) is 0 Å². The zero-order valence-corrected chi connectivity index (χ0v) is 19.6. The monoisotopic (exact) mass is 492 g/mol. The molecule has 0 saturated heterocycles. The first-order valence-electron chi connectivity index (χ1n) is 8.69. The Hall–Kier alpha value is -1.08. The molecule has 0 amide bonds. The second kappa shape index (κ2) is 6.51. The molecular weight excluding hydrogens is 463 g/mol. The van der Waals surface area contributed by atoms with Crippen molar-refractivity contribution in [2.45, 2.75) is 52.4 Å². The summed E-state index contributed by atoms with van der Waals surface area (Å²) in [7, 11) is 8.60. The fraction of sp³-hybridized carbons (Fsp3) is 0.429. The normalized spacial score (nSPS) is 22.0. The number of ether oxygens (including phenoxy) is 1. The summed E-state index contributed by atoms with van der Waals surface area (Å²) < 4.78 is 18.8. The van der Waals surface area contributed by atoms with Gasteiger partial charge < -0.3 is 0 Å². The first kappa shape index (κ1) is 19.7. The molecule has 0 N–H and O–H groups in total. The van der Waals surface area contributed by atoms with Gasteiger partial charge in [-0.15, -0.1) is 0 Å². The molecule has 0 spiro atoms. The minimum absolute atomic E-state index is 0.0172. The summed E-state index contributed by atoms with van der Waals surface area (Å²) >= 11 is -3.71. The first-order valence-corrected chi connectivity index (χ1v) is 14.7. The van der Waals surface area contributed by atoms with E-state index < -0.39 is 17.9 Å². The van der Waals surface area contributed by atoms with Crippen molar-refractivity contribution in [1.29, 1.82) is 0 Å². The molecule has 0 aromatic heterocycles. The molecular formula is C21H27ClO3Te. The number of benzene rings is 2. The second-order valence-electron chi connectivity index (χ2n) is 8.63. The van der Waals surface area contributed by atoms with Gasteiger partial charge in [-0.1, -0.05) is 0 Å². The molecule has 2 aromatic rings. The molecule has 1 heterocycles. The van der Waals surface area contributed by atoms with Gasteiger partial charge in [0, 0.05) is 0 Å². The SMILES string of the molecule is COc1ccc([Te]2(Cl)Oc3cc(C(C)(C)C)cc(C(C)(C)C)c3O2)cc1. The van der Waals surface area contributed by atoms with Crippen LogP contribution in [-0.4, -0.2) is 25.0 Å². The molecule has 1 unspecified atom stereocenters. The molecule has 0 fully saturated rings. The Morgan fingerprint density at radius 3 is 2.00 bits per heavy atom. The van der Waals surface area contributed by atoms with E-state index in [9.17, 15) is 0 Å². The average molecular weight is 490 g/mol. The Kier molecular flexibility index (Phi) is 4.93. The maximum absolute atomic E-state index is 6.95. The number of hydrogen-bond donors (Lipinski definition) is 0. The summed E-state index contributed by atoms with van der Waals surface area (Å²) in [6.07, 6.45) is 0. The standard InChI is InChI=1S/C21H27ClO3Te/c1-20(2,3)14-12-17(21(4,5)6)19-18(13-14)24-26(22,25-19)16-10-8-15(23-7)9-11-16/h8-13H,1-7H3. The van der Waals surface area contributed by atoms with Crippen molar-refractivity contribution in [3.05, 3.63) is 47.5 Å². The van der Waals surface area contributed by atoms with Gasteiger partial charge in [0.05, 0.1) is 0 Å². The number of rotatable bonds is 2. The van der Waals surface area contributed by atoms with Crippen molar-refractivity contribution < 1.29 is 10.9 Å². The van der Waals surface area contributed by atoms with E-state index in [1.165, 1.54) is 5.56 Å². The fourth-order valence-electron chi connectivity index (χ4n) is 2.81. The van der Waals surface area contributed by atoms with Crippen LogP contribution < -0.4 is 14.6 Å². The summed E-state index contributed by atoms with van der Waals surface area (Å²) in [4.78, 5) is 0. The number of halogens is 1. The molecule has 0 bridgehead atoms. The number of methoxy groups -OCH3 is 1. The third kappa shape index (κ3) is 3.65. The quantitative estimate of drug-likeness (QED) is 0.546. The van der Waals surface area contributed by atoms with Gasteiger partial charge in [0.1, 0.15) is 0 Å². The van der Waals surface area contributed by atoms with E-state index in [1.807, 2.05) is 24.3 Å². The molecule has 5 heteroatoms. The van der Waals surface area contributed by atoms with Gasteiger partial charge in [0.2, 0.25) is 0 Å². The molecule has 142 valence electrons. The van der Waals surface area contributed by atoms with E-state index in [-0.39, 0.29) is 10.8 Å². The maximum atomic E-state index is 6.95. The number of hydrogen-bond acceptors (Lipinski definition) is 3. The number of fused-ring (bicyclic) bond motifs is 1. The molecule has 26 heavy (non-hydrogen) atoms. The first-order chi connectivity index (χ1) is 11.9. The zero-order chi connectivity index (χ0) is 19.3. The Balaban J connectivity index is 2.08. The van der Waals surface area contributed by atoms with Gasteiger partial charge in [-0.05, 0) is 0 Å². The predicted octanol–water partition coefficient (Wildman–Crippen LogP) is 5.15. The molecule has 3 nitrogen and oxygen atoms in total. The van der Waals surface area contributed by atoms with Gasteiger partial charge in [0.25, 0.3) is 0 Å². The zero-order valence-electron chi connectivity index (χ0n) is 16.5. The molecule has 0 radical (unpaired) electrons. The third-order valence-electron chi connectivity index (χ3n) is 4.46. The topological polar surface area (TPSA) is 27.7 Å². The summed E-state index contributed by atoms with van der Waals surface area (Å²) in [6.45, 7) is 13.2. The predicted molar refractivity (Wildman–Crippen MR) is 109 cm³/mol. The Labute approximate surface area is 165 Å². The van der Waals surface area contributed by atoms with Crippen molar-refractivity contribution in [3.8, 4) is 17.2 Å². The van der Waals surface area contributed by atoms with Crippen molar-refractivity contribution in [2.24, 2.45) is 0 Å². The van der Waals surface area contributed by atoms with Crippen molar-refractivity contribution in [3.63, 3.8) is 0 Å². The Morgan fingerprint density at radius 2 is 1.50 bits per heavy atom. The average Bonchev–Trinajstić information content (AvgIpc) is 2.89. The van der Waals surface area contributed by atoms with Crippen molar-refractivity contribution >= 4 is 30.5 Å². The molecule has 0 saturated carbocycles. The summed E-state index contributed by atoms with van der Waals surface area (Å²) in [6, 6.07) is 12.0. The van der Waals surface area contributed by atoms with Crippen LogP contribution in [0.5, 0.6) is 17.2 Å². The van der Waals surface area contributed by atoms with Crippen molar-refractivity contribution in [2.75, 3.05) is 7.11 Å². The van der Waals surface area contributed by atoms with Crippen LogP contribution in [0.4, 0.5) is 0 Å². The van der Waals surface area contributed by atoms with Crippen LogP contribution in [0.25, 0.3) is 0 Å². The van der Waals surface area contributed by atoms with Gasteiger partial charge >= 0.3 is 166 Å². The van der Waals surface area contributed by atoms with Crippen LogP contribution in [0.15, 0.2) is 36.4 Å². The van der Waals surface area contributed by atoms with Crippen LogP contribution >= 0.6 is 8.96 Å². The fourth-order valence-corrected chi connectivity index (χ4v) is 8.46. The van der Waals surface area contributed by atoms with Crippen molar-refractivity contribution in [1.82, 2.24) is 0 Å². The molecule has 3 rings (SSSR count). The summed E-state index contributed by atoms with van der Waals surface area (Å²) in [5, 5.41) is 0. The van der Waals surface area contributed by atoms with Crippen LogP contribution in [0.3, 0.4) is 0 Å². The van der Waals surface area contributed by atoms with Crippen LogP contribution in [0.1, 0.15) is 52.7 Å². The Bertz CT molecular complexity index is 819. The molecule has 0 aliphatic carbocycles. The second-order valence-corrected chi connectivity index (χ2v) is 16.2. The molecule has 2 aromatic carbocycles. The molecule has 1 aliphatic rings. The summed E-state index contributed by atoms with van der Waals surface area (Å²) in [5.74, 6) is 2.37. The Morgan fingerprint density at radius 1 is 0.885 bits per heavy atom. The van der Waals surface area contributed by atoms with Crippen LogP contribution in [0, 0.1) is 0 Å². The van der Waals surface area contributed by atoms with E-state index in [4.69, 9.17) is 19.9 Å². The van der Waals surface area contributed by atoms with Crippen LogP contribution in [-0.2, 0) is 10.8 Å². The van der Waals surface area contributed by atoms with E-state index in [1.54, 1.807) is 7.11 Å². The molecule has 1 atom stereocenters. The van der Waals surface area contributed by atoms with E-state index in [0.29, 0.717) is 0 Å². The van der Waals surface area contributed by atoms with Gasteiger partial charge in [-0.2, -0.15) is 0 Å². The van der Waals surface area contributed by atoms with E-state index in [2.05, 4.69) is 53.7 Å². The minimum atomic E-state index is -3.71. The van der Waals surface area contributed by atoms with Gasteiger partial charge in [-0.25, -0.2) is 0 Å². The van der Waals surface area contributed by atoms with Gasteiger partial charge in [0.15, 0.2) is 0 Å². The third-order valence-corrected chi connectivity index (χ3v) is 11.1. The van der Waals surface area contributed by atoms with E-state index in [0.717, 1.165) is 26.4 Å². The molecule has 1 aliphatic heterocycles.